The van der Waals surface area contributed by atoms with E-state index in [0.717, 1.165) is 69.0 Å². The van der Waals surface area contributed by atoms with Crippen LogP contribution in [-0.2, 0) is 11.2 Å². The molecule has 2 fully saturated rings. The van der Waals surface area contributed by atoms with Crippen molar-refractivity contribution in [1.82, 2.24) is 14.8 Å². The average Bonchev–Trinajstić information content (AvgIpc) is 2.94. The lowest BCUT2D eigenvalue weighted by Gasteiger charge is -2.38. The van der Waals surface area contributed by atoms with E-state index in [2.05, 4.69) is 52.9 Å². The Kier molecular flexibility index (Phi) is 12.0. The minimum atomic E-state index is 0.719. The van der Waals surface area contributed by atoms with Crippen molar-refractivity contribution in [3.8, 4) is 5.75 Å². The maximum Gasteiger partial charge on any atom is 0.120 e. The Labute approximate surface area is 225 Å². The van der Waals surface area contributed by atoms with Gasteiger partial charge in [0.25, 0.3) is 0 Å². The molecule has 0 spiro atoms. The Morgan fingerprint density at radius 3 is 2.62 bits per heavy atom. The highest BCUT2D eigenvalue weighted by Crippen LogP contribution is 2.31. The van der Waals surface area contributed by atoms with Crippen LogP contribution < -0.4 is 4.74 Å². The molecule has 2 atom stereocenters. The number of morpholine rings is 1. The van der Waals surface area contributed by atoms with Gasteiger partial charge in [-0.2, -0.15) is 0 Å². The van der Waals surface area contributed by atoms with Crippen LogP contribution in [0.1, 0.15) is 77.2 Å². The molecule has 5 nitrogen and oxygen atoms in total. The molecule has 0 bridgehead atoms. The third-order valence-electron chi connectivity index (χ3n) is 8.68. The molecule has 0 saturated carbocycles. The average molecular weight is 510 g/mol. The maximum absolute atomic E-state index is 6.14. The first-order chi connectivity index (χ1) is 18.3. The van der Waals surface area contributed by atoms with Crippen molar-refractivity contribution in [2.45, 2.75) is 78.1 Å². The molecule has 0 N–H and O–H groups in total. The number of benzene rings is 1. The minimum absolute atomic E-state index is 0.719. The second kappa shape index (κ2) is 15.7. The van der Waals surface area contributed by atoms with Crippen LogP contribution in [0, 0.1) is 11.8 Å². The molecule has 1 aromatic heterocycles. The van der Waals surface area contributed by atoms with Crippen molar-refractivity contribution in [2.24, 2.45) is 11.8 Å². The number of aryl methyl sites for hydroxylation is 1. The lowest BCUT2D eigenvalue weighted by atomic mass is 9.80. The highest BCUT2D eigenvalue weighted by atomic mass is 16.5. The van der Waals surface area contributed by atoms with Gasteiger partial charge in [-0.05, 0) is 86.9 Å². The molecule has 0 unspecified atom stereocenters. The summed E-state index contributed by atoms with van der Waals surface area (Å²) < 4.78 is 11.6. The summed E-state index contributed by atoms with van der Waals surface area (Å²) >= 11 is 0. The summed E-state index contributed by atoms with van der Waals surface area (Å²) in [6, 6.07) is 8.62. The summed E-state index contributed by atoms with van der Waals surface area (Å²) in [5, 5.41) is 1.26. The van der Waals surface area contributed by atoms with Crippen molar-refractivity contribution >= 4 is 10.9 Å². The largest absolute Gasteiger partial charge is 0.492 e. The zero-order chi connectivity index (χ0) is 25.7. The number of rotatable bonds is 15. The molecule has 37 heavy (non-hydrogen) atoms. The van der Waals surface area contributed by atoms with Crippen LogP contribution in [-0.4, -0.2) is 73.9 Å². The third kappa shape index (κ3) is 8.94. The monoisotopic (exact) mass is 509 g/mol. The summed E-state index contributed by atoms with van der Waals surface area (Å²) in [6.45, 7) is 14.0. The van der Waals surface area contributed by atoms with E-state index in [9.17, 15) is 0 Å². The quantitative estimate of drug-likeness (QED) is 0.253. The number of aromatic nitrogens is 1. The topological polar surface area (TPSA) is 37.8 Å². The lowest BCUT2D eigenvalue weighted by molar-refractivity contribution is 0.0322. The molecule has 2 saturated heterocycles. The van der Waals surface area contributed by atoms with Gasteiger partial charge in [0, 0.05) is 37.8 Å². The Balaban J connectivity index is 1.24. The van der Waals surface area contributed by atoms with Gasteiger partial charge < -0.3 is 14.4 Å². The summed E-state index contributed by atoms with van der Waals surface area (Å²) in [6.07, 6.45) is 15.4. The Morgan fingerprint density at radius 2 is 1.78 bits per heavy atom. The summed E-state index contributed by atoms with van der Waals surface area (Å²) in [5.41, 5.74) is 2.50. The molecule has 1 aromatic carbocycles. The van der Waals surface area contributed by atoms with E-state index in [0.29, 0.717) is 0 Å². The fraction of sp³-hybridized carbons (Fsp3) is 0.719. The van der Waals surface area contributed by atoms with E-state index in [1.807, 2.05) is 6.20 Å². The zero-order valence-electron chi connectivity index (χ0n) is 23.6. The molecule has 5 heteroatoms. The SMILES string of the molecule is CCCCCCCN1CC[C@@H](CCCc2ccnc3ccc(OCCN4CCOCC4)cc23)[C@@H](CC)C1. The predicted molar refractivity (Wildman–Crippen MR) is 155 cm³/mol. The Bertz CT molecular complexity index is 914. The van der Waals surface area contributed by atoms with Gasteiger partial charge in [0.1, 0.15) is 12.4 Å². The second-order valence-corrected chi connectivity index (χ2v) is 11.3. The molecular formula is C32H51N3O2. The molecule has 0 radical (unpaired) electrons. The van der Waals surface area contributed by atoms with Crippen molar-refractivity contribution in [3.63, 3.8) is 0 Å². The van der Waals surface area contributed by atoms with Gasteiger partial charge in [0.15, 0.2) is 0 Å². The molecule has 2 aromatic rings. The number of unbranched alkanes of at least 4 members (excludes halogenated alkanes) is 4. The highest BCUT2D eigenvalue weighted by Gasteiger charge is 2.27. The summed E-state index contributed by atoms with van der Waals surface area (Å²) in [5.74, 6) is 2.71. The number of hydrogen-bond acceptors (Lipinski definition) is 5. The van der Waals surface area contributed by atoms with E-state index in [1.165, 1.54) is 88.4 Å². The standard InChI is InChI=1S/C32H51N3O2/c1-3-5-6-7-8-17-35-18-15-28(27(4-2)26-35)10-9-11-29-14-16-33-32-13-12-30(25-31(29)32)37-24-21-34-19-22-36-23-20-34/h12-14,16,25,27-28H,3-11,15,17-24,26H2,1-2H3/t27-,28+/m0/s1. The van der Waals surface area contributed by atoms with Crippen LogP contribution in [0.2, 0.25) is 0 Å². The van der Waals surface area contributed by atoms with Crippen LogP contribution in [0.25, 0.3) is 10.9 Å². The smallest absolute Gasteiger partial charge is 0.120 e. The Morgan fingerprint density at radius 1 is 0.919 bits per heavy atom. The number of hydrogen-bond donors (Lipinski definition) is 0. The number of likely N-dealkylation sites (tertiary alicyclic amines) is 1. The molecule has 2 aliphatic rings. The number of fused-ring (bicyclic) bond motifs is 1. The van der Waals surface area contributed by atoms with Crippen LogP contribution in [0.4, 0.5) is 0 Å². The van der Waals surface area contributed by atoms with Gasteiger partial charge in [-0.25, -0.2) is 0 Å². The van der Waals surface area contributed by atoms with Crippen molar-refractivity contribution in [2.75, 3.05) is 59.1 Å². The fourth-order valence-corrected chi connectivity index (χ4v) is 6.30. The van der Waals surface area contributed by atoms with E-state index in [1.54, 1.807) is 0 Å². The molecule has 4 rings (SSSR count). The molecule has 3 heterocycles. The summed E-state index contributed by atoms with van der Waals surface area (Å²) in [7, 11) is 0. The molecule has 206 valence electrons. The van der Waals surface area contributed by atoms with E-state index >= 15 is 0 Å². The fourth-order valence-electron chi connectivity index (χ4n) is 6.30. The van der Waals surface area contributed by atoms with Crippen LogP contribution in [0.5, 0.6) is 5.75 Å². The van der Waals surface area contributed by atoms with E-state index < -0.39 is 0 Å². The summed E-state index contributed by atoms with van der Waals surface area (Å²) in [4.78, 5) is 9.80. The first-order valence-corrected chi connectivity index (χ1v) is 15.3. The molecule has 2 aliphatic heterocycles. The second-order valence-electron chi connectivity index (χ2n) is 11.3. The van der Waals surface area contributed by atoms with Gasteiger partial charge in [-0.3, -0.25) is 9.88 Å². The van der Waals surface area contributed by atoms with Crippen molar-refractivity contribution in [1.29, 1.82) is 0 Å². The zero-order valence-corrected chi connectivity index (χ0v) is 23.6. The number of ether oxygens (including phenoxy) is 2. The number of pyridine rings is 1. The predicted octanol–water partition coefficient (Wildman–Crippen LogP) is 6.59. The van der Waals surface area contributed by atoms with E-state index in [-0.39, 0.29) is 0 Å². The van der Waals surface area contributed by atoms with Crippen LogP contribution >= 0.6 is 0 Å². The highest BCUT2D eigenvalue weighted by molar-refractivity contribution is 5.83. The minimum Gasteiger partial charge on any atom is -0.492 e. The van der Waals surface area contributed by atoms with Crippen molar-refractivity contribution in [3.05, 3.63) is 36.0 Å². The third-order valence-corrected chi connectivity index (χ3v) is 8.68. The van der Waals surface area contributed by atoms with Gasteiger partial charge in [0.2, 0.25) is 0 Å². The van der Waals surface area contributed by atoms with Crippen LogP contribution in [0.3, 0.4) is 0 Å². The Hall–Kier alpha value is -1.69. The van der Waals surface area contributed by atoms with Gasteiger partial charge in [-0.15, -0.1) is 0 Å². The van der Waals surface area contributed by atoms with E-state index in [4.69, 9.17) is 9.47 Å². The van der Waals surface area contributed by atoms with Gasteiger partial charge in [-0.1, -0.05) is 46.0 Å². The normalized spacial score (nSPS) is 21.5. The van der Waals surface area contributed by atoms with Gasteiger partial charge in [0.05, 0.1) is 18.7 Å². The first kappa shape index (κ1) is 28.3. The molecule has 0 amide bonds. The number of piperidine rings is 1. The van der Waals surface area contributed by atoms with Gasteiger partial charge >= 0.3 is 0 Å². The van der Waals surface area contributed by atoms with Crippen LogP contribution in [0.15, 0.2) is 30.5 Å². The molecule has 0 aliphatic carbocycles. The first-order valence-electron chi connectivity index (χ1n) is 15.3. The molecular weight excluding hydrogens is 458 g/mol. The van der Waals surface area contributed by atoms with Crippen molar-refractivity contribution < 1.29 is 9.47 Å². The lowest BCUT2D eigenvalue weighted by Crippen LogP contribution is -2.40. The number of nitrogens with zero attached hydrogens (tertiary/aromatic N) is 3. The maximum atomic E-state index is 6.14.